The molecule has 0 radical (unpaired) electrons. The lowest BCUT2D eigenvalue weighted by Gasteiger charge is -2.49. The number of hydrogen-bond acceptors (Lipinski definition) is 6. The van der Waals surface area contributed by atoms with Crippen molar-refractivity contribution in [2.75, 3.05) is 12.8 Å². The van der Waals surface area contributed by atoms with E-state index < -0.39 is 28.2 Å². The topological polar surface area (TPSA) is 122 Å². The molecule has 1 aliphatic heterocycles. The number of nitrogens with one attached hydrogen (secondary N) is 1. The van der Waals surface area contributed by atoms with Crippen molar-refractivity contribution in [3.05, 3.63) is 35.1 Å². The number of rotatable bonds is 2. The Morgan fingerprint density at radius 1 is 1.52 bits per heavy atom. The van der Waals surface area contributed by atoms with Gasteiger partial charge in [-0.3, -0.25) is 19.2 Å². The first kappa shape index (κ1) is 17.2. The van der Waals surface area contributed by atoms with E-state index in [1.54, 1.807) is 0 Å². The quantitative estimate of drug-likeness (QED) is 0.609. The number of carbonyl (C=O) groups is 2. The monoisotopic (exact) mass is 345 g/mol. The van der Waals surface area contributed by atoms with Crippen LogP contribution in [-0.2, 0) is 5.54 Å². The van der Waals surface area contributed by atoms with E-state index in [1.807, 2.05) is 5.32 Å². The second kappa shape index (κ2) is 5.80. The van der Waals surface area contributed by atoms with Gasteiger partial charge in [0.15, 0.2) is 0 Å². The van der Waals surface area contributed by atoms with Gasteiger partial charge in [0, 0.05) is 18.2 Å². The second-order valence-corrected chi connectivity index (χ2v) is 7.37. The number of guanidine groups is 1. The van der Waals surface area contributed by atoms with Crippen LogP contribution in [0.1, 0.15) is 22.8 Å². The van der Waals surface area contributed by atoms with E-state index in [4.69, 9.17) is 5.11 Å². The molecule has 0 saturated heterocycles. The van der Waals surface area contributed by atoms with Gasteiger partial charge in [-0.05, 0) is 25.1 Å². The molecule has 0 aromatic heterocycles. The highest BCUT2D eigenvalue weighted by Gasteiger charge is 2.43. The lowest BCUT2D eigenvalue weighted by molar-refractivity contribution is 0.112. The first-order valence-corrected chi connectivity index (χ1v) is 8.11. The number of hydrogen-bond donors (Lipinski definition) is 4. The van der Waals surface area contributed by atoms with Gasteiger partial charge in [0.25, 0.3) is 0 Å². The molecule has 0 spiro atoms. The smallest absolute Gasteiger partial charge is 0.411 e. The molecule has 1 heterocycles. The van der Waals surface area contributed by atoms with Crippen LogP contribution in [0.25, 0.3) is 0 Å². The van der Waals surface area contributed by atoms with E-state index in [0.717, 1.165) is 10.4 Å². The zero-order valence-electron chi connectivity index (χ0n) is 12.4. The Morgan fingerprint density at radius 3 is 2.74 bits per heavy atom. The third kappa shape index (κ3) is 3.28. The van der Waals surface area contributed by atoms with Crippen LogP contribution in [-0.4, -0.2) is 49.7 Å². The summed E-state index contributed by atoms with van der Waals surface area (Å²) >= 11 is 0. The van der Waals surface area contributed by atoms with Crippen LogP contribution >= 0.6 is 10.8 Å². The molecule has 10 heteroatoms. The largest absolute Gasteiger partial charge is 0.465 e. The van der Waals surface area contributed by atoms with Crippen molar-refractivity contribution in [2.24, 2.45) is 4.99 Å². The number of benzene rings is 1. The summed E-state index contributed by atoms with van der Waals surface area (Å²) in [6, 6.07) is 3.61. The normalized spacial score (nSPS) is 24.6. The van der Waals surface area contributed by atoms with Crippen molar-refractivity contribution >= 4 is 29.1 Å². The molecule has 8 nitrogen and oxygen atoms in total. The third-order valence-corrected chi connectivity index (χ3v) is 5.49. The highest BCUT2D eigenvalue weighted by Crippen LogP contribution is 2.51. The number of aldehydes is 1. The van der Waals surface area contributed by atoms with Crippen LogP contribution in [0.3, 0.4) is 0 Å². The molecule has 23 heavy (non-hydrogen) atoms. The van der Waals surface area contributed by atoms with Gasteiger partial charge < -0.3 is 5.11 Å². The zero-order valence-corrected chi connectivity index (χ0v) is 13.2. The molecular weight excluding hydrogens is 329 g/mol. The summed E-state index contributed by atoms with van der Waals surface area (Å²) in [6.07, 6.45) is -0.920. The van der Waals surface area contributed by atoms with Crippen molar-refractivity contribution in [3.63, 3.8) is 0 Å². The molecule has 1 amide bonds. The fraction of sp³-hybridized carbons (Fsp3) is 0.308. The van der Waals surface area contributed by atoms with Crippen molar-refractivity contribution in [1.82, 2.24) is 9.62 Å². The summed E-state index contributed by atoms with van der Waals surface area (Å²) < 4.78 is 35.5. The van der Waals surface area contributed by atoms with Gasteiger partial charge in [0.05, 0.1) is 5.75 Å². The Bertz CT molecular complexity index is 696. The molecule has 2 rings (SSSR count). The summed E-state index contributed by atoms with van der Waals surface area (Å²) in [5, 5.41) is 10.8. The molecule has 0 fully saturated rings. The second-order valence-electron chi connectivity index (χ2n) is 5.27. The summed E-state index contributed by atoms with van der Waals surface area (Å²) in [5.41, 5.74) is -1.28. The van der Waals surface area contributed by atoms with Gasteiger partial charge in [-0.1, -0.05) is 0 Å². The Balaban J connectivity index is 2.60. The SMILES string of the molecule is CN1C(NC(=O)O)=NC(C)(c2cc(C=O)ccc2F)CS1(O)O. The molecule has 1 aromatic rings. The lowest BCUT2D eigenvalue weighted by atomic mass is 9.92. The van der Waals surface area contributed by atoms with E-state index in [2.05, 4.69) is 4.99 Å². The van der Waals surface area contributed by atoms with Crippen molar-refractivity contribution in [2.45, 2.75) is 12.5 Å². The molecule has 126 valence electrons. The van der Waals surface area contributed by atoms with Crippen LogP contribution in [0.4, 0.5) is 9.18 Å². The highest BCUT2D eigenvalue weighted by molar-refractivity contribution is 8.22. The Hall–Kier alpha value is -2.17. The zero-order chi connectivity index (χ0) is 17.4. The lowest BCUT2D eigenvalue weighted by Crippen LogP contribution is -2.51. The maximum atomic E-state index is 14.2. The minimum absolute atomic E-state index is 0.0279. The molecule has 1 unspecified atom stereocenters. The van der Waals surface area contributed by atoms with Crippen LogP contribution in [0.15, 0.2) is 23.2 Å². The fourth-order valence-electron chi connectivity index (χ4n) is 2.32. The summed E-state index contributed by atoms with van der Waals surface area (Å²) in [7, 11) is -2.16. The van der Waals surface area contributed by atoms with E-state index in [9.17, 15) is 23.1 Å². The summed E-state index contributed by atoms with van der Waals surface area (Å²) in [5.74, 6) is -1.35. The Kier molecular flexibility index (Phi) is 4.33. The van der Waals surface area contributed by atoms with Crippen molar-refractivity contribution < 1.29 is 28.2 Å². The van der Waals surface area contributed by atoms with E-state index >= 15 is 0 Å². The average Bonchev–Trinajstić information content (AvgIpc) is 2.43. The van der Waals surface area contributed by atoms with Gasteiger partial charge in [-0.15, -0.1) is 10.8 Å². The third-order valence-electron chi connectivity index (χ3n) is 3.49. The molecular formula is C13H16FN3O5S. The first-order valence-electron chi connectivity index (χ1n) is 6.44. The first-order chi connectivity index (χ1) is 10.6. The van der Waals surface area contributed by atoms with E-state index in [0.29, 0.717) is 6.29 Å². The van der Waals surface area contributed by atoms with Gasteiger partial charge in [0.1, 0.15) is 17.6 Å². The van der Waals surface area contributed by atoms with Gasteiger partial charge in [0.2, 0.25) is 5.96 Å². The number of halogens is 1. The van der Waals surface area contributed by atoms with Crippen LogP contribution in [0, 0.1) is 5.82 Å². The van der Waals surface area contributed by atoms with Crippen molar-refractivity contribution in [3.8, 4) is 0 Å². The van der Waals surface area contributed by atoms with Gasteiger partial charge >= 0.3 is 6.09 Å². The molecule has 1 aromatic carbocycles. The maximum Gasteiger partial charge on any atom is 0.411 e. The summed E-state index contributed by atoms with van der Waals surface area (Å²) in [6.45, 7) is 1.44. The minimum atomic E-state index is -3.43. The van der Waals surface area contributed by atoms with Crippen molar-refractivity contribution in [1.29, 1.82) is 0 Å². The average molecular weight is 345 g/mol. The molecule has 4 N–H and O–H groups in total. The molecule has 0 aliphatic carbocycles. The van der Waals surface area contributed by atoms with Crippen LogP contribution in [0.5, 0.6) is 0 Å². The van der Waals surface area contributed by atoms with Crippen LogP contribution < -0.4 is 5.32 Å². The molecule has 1 atom stereocenters. The number of nitrogens with zero attached hydrogens (tertiary/aromatic N) is 2. The van der Waals surface area contributed by atoms with E-state index in [1.165, 1.54) is 26.1 Å². The fourth-order valence-corrected chi connectivity index (χ4v) is 3.85. The van der Waals surface area contributed by atoms with Gasteiger partial charge in [-0.25, -0.2) is 18.5 Å². The Labute approximate surface area is 133 Å². The maximum absolute atomic E-state index is 14.2. The standard InChI is InChI=1S/C13H16FN3O5S/c1-13(9-5-8(6-18)3-4-10(9)14)7-23(21,22)17(2)11(16-13)15-12(19)20/h3-6,21-22H,7H2,1-2H3,(H,15,16)(H,19,20). The minimum Gasteiger partial charge on any atom is -0.465 e. The van der Waals surface area contributed by atoms with E-state index in [-0.39, 0.29) is 22.8 Å². The highest BCUT2D eigenvalue weighted by atomic mass is 32.3. The summed E-state index contributed by atoms with van der Waals surface area (Å²) in [4.78, 5) is 25.9. The molecule has 0 bridgehead atoms. The predicted octanol–water partition coefficient (Wildman–Crippen LogP) is 2.09. The van der Waals surface area contributed by atoms with Crippen LogP contribution in [0.2, 0.25) is 0 Å². The molecule has 1 aliphatic rings. The number of carbonyl (C=O) groups excluding carboxylic acids is 1. The Morgan fingerprint density at radius 2 is 2.17 bits per heavy atom. The predicted molar refractivity (Wildman–Crippen MR) is 83.2 cm³/mol. The molecule has 0 saturated carbocycles. The van der Waals surface area contributed by atoms with Gasteiger partial charge in [-0.2, -0.15) is 0 Å². The number of aliphatic imine (C=N–C) groups is 1. The number of carboxylic acid groups (broad SMARTS) is 1. The number of amides is 1.